The second-order valence-electron chi connectivity index (χ2n) is 4.70. The van der Waals surface area contributed by atoms with Crippen molar-refractivity contribution in [3.63, 3.8) is 0 Å². The number of benzene rings is 1. The third kappa shape index (κ3) is 2.28. The molecule has 1 saturated heterocycles. The van der Waals surface area contributed by atoms with E-state index in [1.807, 2.05) is 6.07 Å². The lowest BCUT2D eigenvalue weighted by atomic mass is 10.2. The van der Waals surface area contributed by atoms with Crippen LogP contribution in [0.3, 0.4) is 0 Å². The van der Waals surface area contributed by atoms with Gasteiger partial charge in [-0.25, -0.2) is 9.78 Å². The Morgan fingerprint density at radius 2 is 2.21 bits per heavy atom. The van der Waals surface area contributed by atoms with E-state index in [-0.39, 0.29) is 5.82 Å². The van der Waals surface area contributed by atoms with Crippen LogP contribution in [0.2, 0.25) is 0 Å². The molecule has 1 fully saturated rings. The number of rotatable bonds is 3. The zero-order valence-electron chi connectivity index (χ0n) is 11.0. The van der Waals surface area contributed by atoms with Gasteiger partial charge in [-0.1, -0.05) is 0 Å². The van der Waals surface area contributed by atoms with Crippen LogP contribution in [0.5, 0.6) is 0 Å². The summed E-state index contributed by atoms with van der Waals surface area (Å²) < 4.78 is 4.94. The number of aromatic amines is 1. The molecular weight excluding hydrogens is 242 g/mol. The minimum atomic E-state index is -0.401. The molecule has 0 aliphatic carbocycles. The molecule has 5 nitrogen and oxygen atoms in total. The predicted molar refractivity (Wildman–Crippen MR) is 73.5 cm³/mol. The van der Waals surface area contributed by atoms with Crippen LogP contribution in [0.15, 0.2) is 18.2 Å². The van der Waals surface area contributed by atoms with Gasteiger partial charge >= 0.3 is 5.97 Å². The van der Waals surface area contributed by atoms with Gasteiger partial charge in [0.05, 0.1) is 17.6 Å². The number of fused-ring (bicyclic) bond motifs is 1. The number of esters is 1. The Kier molecular flexibility index (Phi) is 3.11. The molecule has 0 amide bonds. The zero-order valence-corrected chi connectivity index (χ0v) is 11.0. The second kappa shape index (κ2) is 4.91. The summed E-state index contributed by atoms with van der Waals surface area (Å²) in [6.07, 6.45) is 2.49. The van der Waals surface area contributed by atoms with Crippen LogP contribution in [0.4, 0.5) is 5.69 Å². The van der Waals surface area contributed by atoms with Gasteiger partial charge in [0.25, 0.3) is 0 Å². The normalized spacial score (nSPS) is 15.1. The molecule has 0 unspecified atom stereocenters. The number of hydrogen-bond donors (Lipinski definition) is 1. The Labute approximate surface area is 111 Å². The largest absolute Gasteiger partial charge is 0.460 e. The summed E-state index contributed by atoms with van der Waals surface area (Å²) in [5, 5.41) is 0. The average molecular weight is 259 g/mol. The number of imidazole rings is 1. The quantitative estimate of drug-likeness (QED) is 0.859. The first-order chi connectivity index (χ1) is 9.28. The smallest absolute Gasteiger partial charge is 0.374 e. The first-order valence-corrected chi connectivity index (χ1v) is 6.70. The molecule has 3 rings (SSSR count). The van der Waals surface area contributed by atoms with Gasteiger partial charge in [-0.05, 0) is 38.0 Å². The summed E-state index contributed by atoms with van der Waals surface area (Å²) in [4.78, 5) is 21.3. The average Bonchev–Trinajstić information content (AvgIpc) is 3.07. The van der Waals surface area contributed by atoms with Crippen molar-refractivity contribution in [2.24, 2.45) is 0 Å². The minimum absolute atomic E-state index is 0.274. The number of hydrogen-bond acceptors (Lipinski definition) is 4. The number of anilines is 1. The van der Waals surface area contributed by atoms with Crippen LogP contribution in [-0.4, -0.2) is 35.6 Å². The summed E-state index contributed by atoms with van der Waals surface area (Å²) in [6, 6.07) is 6.06. The molecule has 0 atom stereocenters. The molecule has 1 N–H and O–H groups in total. The number of carbonyl (C=O) groups excluding carboxylic acids is 1. The van der Waals surface area contributed by atoms with E-state index in [0.29, 0.717) is 6.61 Å². The molecule has 0 radical (unpaired) electrons. The lowest BCUT2D eigenvalue weighted by Gasteiger charge is -2.17. The van der Waals surface area contributed by atoms with E-state index in [9.17, 15) is 4.79 Å². The van der Waals surface area contributed by atoms with Gasteiger partial charge in [-0.2, -0.15) is 0 Å². The fourth-order valence-electron chi connectivity index (χ4n) is 2.47. The predicted octanol–water partition coefficient (Wildman–Crippen LogP) is 2.34. The van der Waals surface area contributed by atoms with Crippen molar-refractivity contribution in [2.75, 3.05) is 24.6 Å². The first kappa shape index (κ1) is 12.0. The van der Waals surface area contributed by atoms with Crippen LogP contribution in [-0.2, 0) is 4.74 Å². The molecule has 1 aromatic carbocycles. The summed E-state index contributed by atoms with van der Waals surface area (Å²) >= 11 is 0. The summed E-state index contributed by atoms with van der Waals surface area (Å²) in [5.74, 6) is -0.128. The number of aromatic nitrogens is 2. The van der Waals surface area contributed by atoms with Crippen molar-refractivity contribution in [3.8, 4) is 0 Å². The number of H-pyrrole nitrogens is 1. The Morgan fingerprint density at radius 3 is 2.95 bits per heavy atom. The summed E-state index contributed by atoms with van der Waals surface area (Å²) in [7, 11) is 0. The van der Waals surface area contributed by atoms with Crippen LogP contribution in [0.25, 0.3) is 11.0 Å². The number of nitrogens with one attached hydrogen (secondary N) is 1. The van der Waals surface area contributed by atoms with E-state index in [1.165, 1.54) is 18.5 Å². The maximum atomic E-state index is 11.6. The van der Waals surface area contributed by atoms with Crippen molar-refractivity contribution in [1.82, 2.24) is 9.97 Å². The minimum Gasteiger partial charge on any atom is -0.460 e. The van der Waals surface area contributed by atoms with Crippen molar-refractivity contribution < 1.29 is 9.53 Å². The molecular formula is C14H17N3O2. The molecule has 1 aliphatic heterocycles. The molecule has 0 bridgehead atoms. The fraction of sp³-hybridized carbons (Fsp3) is 0.429. The standard InChI is InChI=1S/C14H17N3O2/c1-2-19-14(18)13-15-11-6-5-10(9-12(11)16-13)17-7-3-4-8-17/h5-6,9H,2-4,7-8H2,1H3,(H,15,16). The van der Waals surface area contributed by atoms with E-state index in [0.717, 1.165) is 24.1 Å². The molecule has 2 aromatic rings. The first-order valence-electron chi connectivity index (χ1n) is 6.70. The monoisotopic (exact) mass is 259 g/mol. The summed E-state index contributed by atoms with van der Waals surface area (Å²) in [5.41, 5.74) is 2.86. The van der Waals surface area contributed by atoms with Crippen molar-refractivity contribution in [3.05, 3.63) is 24.0 Å². The van der Waals surface area contributed by atoms with Gasteiger partial charge in [-0.15, -0.1) is 0 Å². The topological polar surface area (TPSA) is 58.2 Å². The van der Waals surface area contributed by atoms with Gasteiger partial charge in [0, 0.05) is 18.8 Å². The highest BCUT2D eigenvalue weighted by Crippen LogP contribution is 2.24. The summed E-state index contributed by atoms with van der Waals surface area (Å²) in [6.45, 7) is 4.34. The van der Waals surface area contributed by atoms with Gasteiger partial charge in [0.2, 0.25) is 5.82 Å². The fourth-order valence-corrected chi connectivity index (χ4v) is 2.47. The van der Waals surface area contributed by atoms with Crippen molar-refractivity contribution >= 4 is 22.7 Å². The lowest BCUT2D eigenvalue weighted by Crippen LogP contribution is -2.17. The third-order valence-electron chi connectivity index (χ3n) is 3.41. The van der Waals surface area contributed by atoms with Gasteiger partial charge in [0.15, 0.2) is 0 Å². The van der Waals surface area contributed by atoms with Crippen LogP contribution in [0, 0.1) is 0 Å². The molecule has 2 heterocycles. The van der Waals surface area contributed by atoms with Crippen LogP contribution in [0.1, 0.15) is 30.4 Å². The Hall–Kier alpha value is -2.04. The molecule has 1 aliphatic rings. The Bertz CT molecular complexity index is 600. The van der Waals surface area contributed by atoms with Crippen molar-refractivity contribution in [1.29, 1.82) is 0 Å². The Morgan fingerprint density at radius 1 is 1.42 bits per heavy atom. The molecule has 0 spiro atoms. The number of nitrogens with zero attached hydrogens (tertiary/aromatic N) is 2. The van der Waals surface area contributed by atoms with E-state index < -0.39 is 5.97 Å². The second-order valence-corrected chi connectivity index (χ2v) is 4.70. The van der Waals surface area contributed by atoms with Crippen LogP contribution >= 0.6 is 0 Å². The molecule has 5 heteroatoms. The van der Waals surface area contributed by atoms with Crippen LogP contribution < -0.4 is 4.90 Å². The molecule has 0 saturated carbocycles. The highest BCUT2D eigenvalue weighted by molar-refractivity contribution is 5.91. The SMILES string of the molecule is CCOC(=O)c1nc2ccc(N3CCCC3)cc2[nH]1. The maximum Gasteiger partial charge on any atom is 0.374 e. The third-order valence-corrected chi connectivity index (χ3v) is 3.41. The van der Waals surface area contributed by atoms with Gasteiger partial charge in [-0.3, -0.25) is 0 Å². The zero-order chi connectivity index (χ0) is 13.2. The van der Waals surface area contributed by atoms with E-state index in [2.05, 4.69) is 27.0 Å². The van der Waals surface area contributed by atoms with E-state index >= 15 is 0 Å². The molecule has 19 heavy (non-hydrogen) atoms. The molecule has 1 aromatic heterocycles. The van der Waals surface area contributed by atoms with E-state index in [4.69, 9.17) is 4.74 Å². The number of carbonyl (C=O) groups is 1. The molecule has 100 valence electrons. The lowest BCUT2D eigenvalue weighted by molar-refractivity contribution is 0.0514. The van der Waals surface area contributed by atoms with E-state index in [1.54, 1.807) is 6.92 Å². The van der Waals surface area contributed by atoms with Gasteiger partial charge < -0.3 is 14.6 Å². The van der Waals surface area contributed by atoms with Crippen molar-refractivity contribution in [2.45, 2.75) is 19.8 Å². The maximum absolute atomic E-state index is 11.6. The Balaban J connectivity index is 1.92. The highest BCUT2D eigenvalue weighted by atomic mass is 16.5. The van der Waals surface area contributed by atoms with Gasteiger partial charge in [0.1, 0.15) is 0 Å². The highest BCUT2D eigenvalue weighted by Gasteiger charge is 2.15. The number of ether oxygens (including phenoxy) is 1.